The summed E-state index contributed by atoms with van der Waals surface area (Å²) in [5.41, 5.74) is 0.112. The average molecular weight is 516 g/mol. The second-order valence-electron chi connectivity index (χ2n) is 9.08. The van der Waals surface area contributed by atoms with Crippen LogP contribution in [0.5, 0.6) is 0 Å². The molecule has 4 rings (SSSR count). The Morgan fingerprint density at radius 3 is 2.43 bits per heavy atom. The molecule has 0 radical (unpaired) electrons. The van der Waals surface area contributed by atoms with Crippen LogP contribution in [-0.2, 0) is 11.0 Å². The summed E-state index contributed by atoms with van der Waals surface area (Å²) in [6.07, 6.45) is 1.15. The first-order chi connectivity index (χ1) is 17.6. The first-order valence-electron chi connectivity index (χ1n) is 12.2. The predicted octanol–water partition coefficient (Wildman–Crippen LogP) is 5.13. The SMILES string of the molecule is CCNC(=O)c1c(NC(=O)c2ccc(C(F)(F)F)nc2)[nH]c2cc(N(C)C(=O)C3CCCCC3)ccc12. The van der Waals surface area contributed by atoms with Crippen molar-refractivity contribution in [3.8, 4) is 0 Å². The highest BCUT2D eigenvalue weighted by Gasteiger charge is 2.32. The highest BCUT2D eigenvalue weighted by molar-refractivity contribution is 6.16. The highest BCUT2D eigenvalue weighted by Crippen LogP contribution is 2.32. The third-order valence-corrected chi connectivity index (χ3v) is 6.57. The van der Waals surface area contributed by atoms with Gasteiger partial charge < -0.3 is 20.5 Å². The summed E-state index contributed by atoms with van der Waals surface area (Å²) in [6, 6.07) is 6.91. The van der Waals surface area contributed by atoms with E-state index in [1.165, 1.54) is 0 Å². The Morgan fingerprint density at radius 1 is 1.08 bits per heavy atom. The minimum atomic E-state index is -4.62. The molecule has 1 aliphatic carbocycles. The quantitative estimate of drug-likeness (QED) is 0.423. The number of rotatable bonds is 6. The van der Waals surface area contributed by atoms with Gasteiger partial charge in [0.15, 0.2) is 0 Å². The van der Waals surface area contributed by atoms with E-state index < -0.39 is 23.7 Å². The Morgan fingerprint density at radius 2 is 1.81 bits per heavy atom. The van der Waals surface area contributed by atoms with Gasteiger partial charge in [-0.3, -0.25) is 19.4 Å². The van der Waals surface area contributed by atoms with Crippen molar-refractivity contribution >= 4 is 40.1 Å². The van der Waals surface area contributed by atoms with Crippen molar-refractivity contribution in [3.63, 3.8) is 0 Å². The molecule has 3 N–H and O–H groups in total. The maximum Gasteiger partial charge on any atom is 0.433 e. The number of nitrogens with one attached hydrogen (secondary N) is 3. The molecule has 3 aromatic rings. The predicted molar refractivity (Wildman–Crippen MR) is 133 cm³/mol. The lowest BCUT2D eigenvalue weighted by Crippen LogP contribution is -2.33. The van der Waals surface area contributed by atoms with Gasteiger partial charge in [-0.1, -0.05) is 19.3 Å². The molecule has 0 atom stereocenters. The van der Waals surface area contributed by atoms with Crippen molar-refractivity contribution in [3.05, 3.63) is 53.3 Å². The van der Waals surface area contributed by atoms with Gasteiger partial charge in [0.05, 0.1) is 11.1 Å². The molecule has 1 aliphatic rings. The molecule has 1 saturated carbocycles. The molecule has 0 spiro atoms. The van der Waals surface area contributed by atoms with Crippen molar-refractivity contribution in [1.82, 2.24) is 15.3 Å². The molecule has 0 aliphatic heterocycles. The summed E-state index contributed by atoms with van der Waals surface area (Å²) < 4.78 is 38.4. The fourth-order valence-electron chi connectivity index (χ4n) is 4.60. The fraction of sp³-hybridized carbons (Fsp3) is 0.385. The van der Waals surface area contributed by atoms with Crippen LogP contribution in [0.2, 0.25) is 0 Å². The molecule has 8 nitrogen and oxygen atoms in total. The van der Waals surface area contributed by atoms with Crippen molar-refractivity contribution < 1.29 is 27.6 Å². The molecule has 37 heavy (non-hydrogen) atoms. The average Bonchev–Trinajstić information content (AvgIpc) is 3.25. The van der Waals surface area contributed by atoms with Gasteiger partial charge in [-0.05, 0) is 50.1 Å². The maximum absolute atomic E-state index is 13.0. The number of alkyl halides is 3. The van der Waals surface area contributed by atoms with Crippen LogP contribution in [0.1, 0.15) is 65.4 Å². The van der Waals surface area contributed by atoms with Crippen LogP contribution in [0.25, 0.3) is 10.9 Å². The monoisotopic (exact) mass is 515 g/mol. The van der Waals surface area contributed by atoms with Gasteiger partial charge in [-0.25, -0.2) is 0 Å². The van der Waals surface area contributed by atoms with E-state index in [2.05, 4.69) is 20.6 Å². The van der Waals surface area contributed by atoms with Crippen LogP contribution in [-0.4, -0.2) is 41.3 Å². The van der Waals surface area contributed by atoms with Gasteiger partial charge in [0.25, 0.3) is 11.8 Å². The van der Waals surface area contributed by atoms with E-state index in [9.17, 15) is 27.6 Å². The molecule has 2 aromatic heterocycles. The number of amides is 3. The molecule has 1 fully saturated rings. The Bertz CT molecular complexity index is 1310. The summed E-state index contributed by atoms with van der Waals surface area (Å²) >= 11 is 0. The summed E-state index contributed by atoms with van der Waals surface area (Å²) in [7, 11) is 1.71. The number of fused-ring (bicyclic) bond motifs is 1. The zero-order chi connectivity index (χ0) is 26.7. The van der Waals surface area contributed by atoms with Crippen LogP contribution < -0.4 is 15.5 Å². The van der Waals surface area contributed by atoms with Crippen molar-refractivity contribution in [2.24, 2.45) is 5.92 Å². The van der Waals surface area contributed by atoms with E-state index in [0.29, 0.717) is 23.1 Å². The fourth-order valence-corrected chi connectivity index (χ4v) is 4.60. The van der Waals surface area contributed by atoms with E-state index in [0.717, 1.165) is 50.4 Å². The zero-order valence-electron chi connectivity index (χ0n) is 20.5. The van der Waals surface area contributed by atoms with Gasteiger partial charge in [0.2, 0.25) is 5.91 Å². The minimum Gasteiger partial charge on any atom is -0.352 e. The number of hydrogen-bond donors (Lipinski definition) is 3. The summed E-state index contributed by atoms with van der Waals surface area (Å²) in [5.74, 6) is -1.06. The number of H-pyrrole nitrogens is 1. The smallest absolute Gasteiger partial charge is 0.352 e. The van der Waals surface area contributed by atoms with Crippen LogP contribution in [0.3, 0.4) is 0 Å². The molecule has 0 saturated heterocycles. The van der Waals surface area contributed by atoms with Crippen LogP contribution in [0.15, 0.2) is 36.5 Å². The first-order valence-corrected chi connectivity index (χ1v) is 12.2. The number of nitrogens with zero attached hydrogens (tertiary/aromatic N) is 2. The molecular weight excluding hydrogens is 487 g/mol. The van der Waals surface area contributed by atoms with Gasteiger partial charge in [-0.15, -0.1) is 0 Å². The van der Waals surface area contributed by atoms with Gasteiger partial charge in [0, 0.05) is 42.3 Å². The number of pyridine rings is 1. The Hall–Kier alpha value is -3.89. The number of benzene rings is 1. The number of aromatic nitrogens is 2. The molecule has 11 heteroatoms. The van der Waals surface area contributed by atoms with Crippen molar-refractivity contribution in [1.29, 1.82) is 0 Å². The van der Waals surface area contributed by atoms with Crippen molar-refractivity contribution in [2.75, 3.05) is 23.8 Å². The number of halogens is 3. The summed E-state index contributed by atoms with van der Waals surface area (Å²) in [4.78, 5) is 46.6. The number of hydrogen-bond acceptors (Lipinski definition) is 4. The lowest BCUT2D eigenvalue weighted by molar-refractivity contribution is -0.141. The van der Waals surface area contributed by atoms with E-state index in [-0.39, 0.29) is 28.8 Å². The standard InChI is InChI=1S/C26H28F3N5O3/c1-3-30-24(36)21-18-11-10-17(34(2)25(37)15-7-5-4-6-8-15)13-19(18)32-22(21)33-23(35)16-9-12-20(31-14-16)26(27,28)29/h9-15,32H,3-8H2,1-2H3,(H,30,36)(H,33,35). The lowest BCUT2D eigenvalue weighted by atomic mass is 9.88. The second kappa shape index (κ2) is 10.6. The number of carbonyl (C=O) groups excluding carboxylic acids is 3. The van der Waals surface area contributed by atoms with Gasteiger partial charge >= 0.3 is 6.18 Å². The molecule has 0 unspecified atom stereocenters. The Labute approximate surface area is 211 Å². The largest absolute Gasteiger partial charge is 0.433 e. The van der Waals surface area contributed by atoms with Crippen LogP contribution >= 0.6 is 0 Å². The molecule has 3 amide bonds. The second-order valence-corrected chi connectivity index (χ2v) is 9.08. The molecule has 0 bridgehead atoms. The third-order valence-electron chi connectivity index (χ3n) is 6.57. The van der Waals surface area contributed by atoms with E-state index >= 15 is 0 Å². The van der Waals surface area contributed by atoms with Crippen LogP contribution in [0.4, 0.5) is 24.7 Å². The summed E-state index contributed by atoms with van der Waals surface area (Å²) in [6.45, 7) is 2.10. The first kappa shape index (κ1) is 26.2. The molecule has 196 valence electrons. The van der Waals surface area contributed by atoms with E-state index in [1.54, 1.807) is 37.1 Å². The molecular formula is C26H28F3N5O3. The van der Waals surface area contributed by atoms with Gasteiger partial charge in [-0.2, -0.15) is 13.2 Å². The van der Waals surface area contributed by atoms with Crippen molar-refractivity contribution in [2.45, 2.75) is 45.2 Å². The van der Waals surface area contributed by atoms with Gasteiger partial charge in [0.1, 0.15) is 11.5 Å². The lowest BCUT2D eigenvalue weighted by Gasteiger charge is -2.26. The number of aromatic amines is 1. The maximum atomic E-state index is 13.0. The van der Waals surface area contributed by atoms with E-state index in [1.807, 2.05) is 0 Å². The third kappa shape index (κ3) is 5.60. The number of carbonyl (C=O) groups is 3. The topological polar surface area (TPSA) is 107 Å². The normalized spacial score (nSPS) is 14.4. The molecule has 2 heterocycles. The number of anilines is 2. The Kier molecular flexibility index (Phi) is 7.51. The van der Waals surface area contributed by atoms with Crippen LogP contribution in [0, 0.1) is 5.92 Å². The highest BCUT2D eigenvalue weighted by atomic mass is 19.4. The summed E-state index contributed by atoms with van der Waals surface area (Å²) in [5, 5.41) is 5.81. The van der Waals surface area contributed by atoms with E-state index in [4.69, 9.17) is 0 Å². The molecule has 1 aromatic carbocycles. The zero-order valence-corrected chi connectivity index (χ0v) is 20.5. The Balaban J connectivity index is 1.64. The minimum absolute atomic E-state index is 0.0174.